The number of carbonyl (C=O) groups excluding carboxylic acids is 2. The molecule has 0 spiro atoms. The molecule has 0 bridgehead atoms. The first-order chi connectivity index (χ1) is 12.5. The van der Waals surface area contributed by atoms with E-state index in [0.717, 1.165) is 16.4 Å². The van der Waals surface area contributed by atoms with E-state index < -0.39 is 17.3 Å². The Balaban J connectivity index is 1.65. The number of esters is 1. The van der Waals surface area contributed by atoms with Crippen LogP contribution in [0.3, 0.4) is 0 Å². The third-order valence-electron chi connectivity index (χ3n) is 4.69. The van der Waals surface area contributed by atoms with Gasteiger partial charge in [-0.25, -0.2) is 4.39 Å². The van der Waals surface area contributed by atoms with Crippen LogP contribution in [-0.4, -0.2) is 18.5 Å². The number of amides is 1. The minimum absolute atomic E-state index is 0.359. The Morgan fingerprint density at radius 2 is 1.81 bits per heavy atom. The number of benzene rings is 2. The maximum Gasteiger partial charge on any atom is 0.317 e. The van der Waals surface area contributed by atoms with E-state index in [1.54, 1.807) is 24.3 Å². The van der Waals surface area contributed by atoms with Crippen LogP contribution in [0.4, 0.5) is 10.1 Å². The Labute approximate surface area is 165 Å². The van der Waals surface area contributed by atoms with E-state index in [2.05, 4.69) is 27.9 Å². The van der Waals surface area contributed by atoms with E-state index in [9.17, 15) is 14.0 Å². The highest BCUT2D eigenvalue weighted by Crippen LogP contribution is 2.42. The second-order valence-corrected chi connectivity index (χ2v) is 7.68. The van der Waals surface area contributed by atoms with Crippen LogP contribution in [0.15, 0.2) is 48.5 Å². The third-order valence-corrected chi connectivity index (χ3v) is 5.41. The number of ether oxygens (including phenoxy) is 1. The molecular weight excluding hydrogens is 448 g/mol. The van der Waals surface area contributed by atoms with Gasteiger partial charge < -0.3 is 10.1 Å². The number of anilines is 1. The van der Waals surface area contributed by atoms with Crippen LogP contribution in [0.2, 0.25) is 0 Å². The number of hydrogen-bond acceptors (Lipinski definition) is 3. The van der Waals surface area contributed by atoms with Crippen LogP contribution >= 0.6 is 22.6 Å². The van der Waals surface area contributed by atoms with Gasteiger partial charge in [0, 0.05) is 9.26 Å². The number of carbonyl (C=O) groups is 2. The van der Waals surface area contributed by atoms with Crippen molar-refractivity contribution in [1.29, 1.82) is 0 Å². The van der Waals surface area contributed by atoms with Gasteiger partial charge in [-0.05, 0) is 77.4 Å². The highest BCUT2D eigenvalue weighted by molar-refractivity contribution is 14.1. The van der Waals surface area contributed by atoms with Gasteiger partial charge in [-0.15, -0.1) is 0 Å². The summed E-state index contributed by atoms with van der Waals surface area (Å²) in [6.45, 7) is -0.359. The zero-order valence-corrected chi connectivity index (χ0v) is 16.3. The topological polar surface area (TPSA) is 55.4 Å². The fourth-order valence-corrected chi connectivity index (χ4v) is 3.73. The molecular formula is C20H19FINO3. The van der Waals surface area contributed by atoms with Gasteiger partial charge >= 0.3 is 5.97 Å². The second-order valence-electron chi connectivity index (χ2n) is 6.43. The van der Waals surface area contributed by atoms with Crippen LogP contribution < -0.4 is 5.32 Å². The summed E-state index contributed by atoms with van der Waals surface area (Å²) in [7, 11) is 0. The van der Waals surface area contributed by atoms with Crippen molar-refractivity contribution in [2.75, 3.05) is 11.9 Å². The molecule has 0 saturated heterocycles. The minimum Gasteiger partial charge on any atom is -0.455 e. The average molecular weight is 467 g/mol. The molecule has 4 nitrogen and oxygen atoms in total. The lowest BCUT2D eigenvalue weighted by molar-refractivity contribution is -0.153. The van der Waals surface area contributed by atoms with E-state index in [4.69, 9.17) is 4.74 Å². The van der Waals surface area contributed by atoms with E-state index in [1.807, 2.05) is 12.1 Å². The Morgan fingerprint density at radius 3 is 2.46 bits per heavy atom. The van der Waals surface area contributed by atoms with Gasteiger partial charge in [0.25, 0.3) is 5.91 Å². The van der Waals surface area contributed by atoms with Crippen molar-refractivity contribution in [3.8, 4) is 0 Å². The summed E-state index contributed by atoms with van der Waals surface area (Å²) in [4.78, 5) is 24.8. The monoisotopic (exact) mass is 467 g/mol. The smallest absolute Gasteiger partial charge is 0.317 e. The molecule has 1 amide bonds. The molecule has 0 aromatic heterocycles. The molecule has 2 aromatic rings. The molecule has 0 aliphatic heterocycles. The number of hydrogen-bond donors (Lipinski definition) is 1. The summed E-state index contributed by atoms with van der Waals surface area (Å²) in [6.07, 6.45) is 2.96. The maximum atomic E-state index is 13.6. The van der Waals surface area contributed by atoms with Gasteiger partial charge in [0.15, 0.2) is 6.61 Å². The molecule has 1 fully saturated rings. The van der Waals surface area contributed by atoms with E-state index in [-0.39, 0.29) is 12.4 Å². The van der Waals surface area contributed by atoms with Crippen LogP contribution in [0, 0.1) is 9.39 Å². The van der Waals surface area contributed by atoms with Crippen LogP contribution in [0.1, 0.15) is 31.2 Å². The summed E-state index contributed by atoms with van der Waals surface area (Å²) in [5, 5.41) is 2.70. The predicted molar refractivity (Wildman–Crippen MR) is 105 cm³/mol. The van der Waals surface area contributed by atoms with Crippen molar-refractivity contribution in [2.24, 2.45) is 0 Å². The van der Waals surface area contributed by atoms with Crippen molar-refractivity contribution < 1.29 is 18.7 Å². The largest absolute Gasteiger partial charge is 0.455 e. The lowest BCUT2D eigenvalue weighted by Gasteiger charge is -2.27. The van der Waals surface area contributed by atoms with E-state index in [0.29, 0.717) is 24.1 Å². The van der Waals surface area contributed by atoms with Crippen molar-refractivity contribution >= 4 is 40.2 Å². The zero-order chi connectivity index (χ0) is 18.6. The lowest BCUT2D eigenvalue weighted by Crippen LogP contribution is -2.36. The molecule has 0 heterocycles. The average Bonchev–Trinajstić information content (AvgIpc) is 3.13. The maximum absolute atomic E-state index is 13.6. The quantitative estimate of drug-likeness (QED) is 0.523. The van der Waals surface area contributed by atoms with Gasteiger partial charge in [-0.1, -0.05) is 25.0 Å². The predicted octanol–water partition coefficient (Wildman–Crippen LogP) is 4.42. The molecule has 1 N–H and O–H groups in total. The van der Waals surface area contributed by atoms with Gasteiger partial charge in [0.05, 0.1) is 5.41 Å². The Kier molecular flexibility index (Phi) is 5.90. The van der Waals surface area contributed by atoms with Crippen molar-refractivity contribution in [3.63, 3.8) is 0 Å². The summed E-state index contributed by atoms with van der Waals surface area (Å²) >= 11 is 2.18. The first-order valence-corrected chi connectivity index (χ1v) is 9.56. The Bertz CT molecular complexity index is 801. The normalized spacial score (nSPS) is 15.5. The first-order valence-electron chi connectivity index (χ1n) is 8.48. The molecule has 1 aliphatic rings. The van der Waals surface area contributed by atoms with Gasteiger partial charge in [-0.2, -0.15) is 0 Å². The fourth-order valence-electron chi connectivity index (χ4n) is 3.37. The molecule has 0 unspecified atom stereocenters. The molecule has 1 saturated carbocycles. The van der Waals surface area contributed by atoms with Crippen molar-refractivity contribution in [3.05, 3.63) is 63.5 Å². The third kappa shape index (κ3) is 4.23. The standard InChI is InChI=1S/C20H19FINO3/c21-15-5-3-4-14(12-15)20(10-1-2-11-20)19(25)26-13-18(24)23-17-8-6-16(22)7-9-17/h3-9,12H,1-2,10-11,13H2,(H,23,24). The van der Waals surface area contributed by atoms with Crippen LogP contribution in [0.5, 0.6) is 0 Å². The molecule has 136 valence electrons. The van der Waals surface area contributed by atoms with Gasteiger partial charge in [-0.3, -0.25) is 9.59 Å². The molecule has 6 heteroatoms. The molecule has 0 radical (unpaired) electrons. The van der Waals surface area contributed by atoms with E-state index in [1.165, 1.54) is 12.1 Å². The SMILES string of the molecule is O=C(COC(=O)C1(c2cccc(F)c2)CCCC1)Nc1ccc(I)cc1. The Hall–Kier alpha value is -1.96. The minimum atomic E-state index is -0.856. The number of rotatable bonds is 5. The highest BCUT2D eigenvalue weighted by Gasteiger charge is 2.44. The fraction of sp³-hybridized carbons (Fsp3) is 0.300. The summed E-state index contributed by atoms with van der Waals surface area (Å²) < 4.78 is 20.0. The Morgan fingerprint density at radius 1 is 1.12 bits per heavy atom. The molecule has 1 aliphatic carbocycles. The van der Waals surface area contributed by atoms with E-state index >= 15 is 0 Å². The molecule has 0 atom stereocenters. The summed E-state index contributed by atoms with van der Waals surface area (Å²) in [5.41, 5.74) is 0.413. The molecule has 3 rings (SSSR count). The summed E-state index contributed by atoms with van der Waals surface area (Å²) in [6, 6.07) is 13.4. The van der Waals surface area contributed by atoms with Gasteiger partial charge in [0.1, 0.15) is 5.82 Å². The highest BCUT2D eigenvalue weighted by atomic mass is 127. The second kappa shape index (κ2) is 8.16. The molecule has 2 aromatic carbocycles. The zero-order valence-electron chi connectivity index (χ0n) is 14.1. The van der Waals surface area contributed by atoms with Crippen LogP contribution in [-0.2, 0) is 19.7 Å². The van der Waals surface area contributed by atoms with Crippen molar-refractivity contribution in [1.82, 2.24) is 0 Å². The summed E-state index contributed by atoms with van der Waals surface area (Å²) in [5.74, 6) is -1.23. The number of nitrogens with one attached hydrogen (secondary N) is 1. The van der Waals surface area contributed by atoms with Gasteiger partial charge in [0.2, 0.25) is 0 Å². The van der Waals surface area contributed by atoms with Crippen molar-refractivity contribution in [2.45, 2.75) is 31.1 Å². The number of halogens is 2. The first kappa shape index (κ1) is 18.8. The molecule has 26 heavy (non-hydrogen) atoms. The van der Waals surface area contributed by atoms with Crippen LogP contribution in [0.25, 0.3) is 0 Å². The lowest BCUT2D eigenvalue weighted by atomic mass is 9.79.